The Kier molecular flexibility index (Phi) is 3.21. The van der Waals surface area contributed by atoms with Crippen molar-refractivity contribution in [3.8, 4) is 0 Å². The predicted octanol–water partition coefficient (Wildman–Crippen LogP) is 4.35. The Balaban J connectivity index is 2.03. The highest BCUT2D eigenvalue weighted by atomic mass is 32.1. The van der Waals surface area contributed by atoms with Gasteiger partial charge in [0.05, 0.1) is 26.6 Å². The average Bonchev–Trinajstić information content (AvgIpc) is 2.75. The van der Waals surface area contributed by atoms with E-state index in [-0.39, 0.29) is 5.69 Å². The Bertz CT molecular complexity index is 822. The summed E-state index contributed by atoms with van der Waals surface area (Å²) < 4.78 is 40.3. The summed E-state index contributed by atoms with van der Waals surface area (Å²) in [5, 5.41) is 3.66. The summed E-state index contributed by atoms with van der Waals surface area (Å²) in [5.74, 6) is -4.03. The lowest BCUT2D eigenvalue weighted by Crippen LogP contribution is -1.99. The molecular weight excluding hydrogens is 299 g/mol. The van der Waals surface area contributed by atoms with E-state index in [1.54, 1.807) is 12.1 Å². The molecule has 0 aliphatic heterocycles. The molecule has 0 fully saturated rings. The molecule has 7 heteroatoms. The zero-order valence-electron chi connectivity index (χ0n) is 10.9. The van der Waals surface area contributed by atoms with Gasteiger partial charge >= 0.3 is 0 Å². The van der Waals surface area contributed by atoms with Crippen LogP contribution in [-0.4, -0.2) is 4.98 Å². The van der Waals surface area contributed by atoms with E-state index in [1.165, 1.54) is 11.3 Å². The van der Waals surface area contributed by atoms with Crippen LogP contribution in [0.4, 0.5) is 30.2 Å². The Morgan fingerprint density at radius 3 is 2.43 bits per heavy atom. The van der Waals surface area contributed by atoms with Crippen LogP contribution in [-0.2, 0) is 0 Å². The SMILES string of the molecule is Cc1nc2cc(Nc3cc(F)c(F)c(F)c3)c(N)cc2s1. The van der Waals surface area contributed by atoms with Crippen LogP contribution in [0, 0.1) is 24.4 Å². The molecule has 2 aromatic carbocycles. The maximum atomic E-state index is 13.2. The summed E-state index contributed by atoms with van der Waals surface area (Å²) in [6, 6.07) is 5.16. The number of nitrogens with one attached hydrogen (secondary N) is 1. The number of rotatable bonds is 2. The van der Waals surface area contributed by atoms with Crippen LogP contribution in [0.1, 0.15) is 5.01 Å². The minimum absolute atomic E-state index is 0.0735. The first-order valence-electron chi connectivity index (χ1n) is 6.02. The van der Waals surface area contributed by atoms with Crippen molar-refractivity contribution in [2.24, 2.45) is 0 Å². The number of hydrogen-bond acceptors (Lipinski definition) is 4. The smallest absolute Gasteiger partial charge is 0.194 e. The molecule has 1 heterocycles. The molecule has 3 nitrogen and oxygen atoms in total. The van der Waals surface area contributed by atoms with Crippen LogP contribution >= 0.6 is 11.3 Å². The first-order valence-corrected chi connectivity index (χ1v) is 6.84. The van der Waals surface area contributed by atoms with Crippen molar-refractivity contribution in [3.05, 3.63) is 46.7 Å². The topological polar surface area (TPSA) is 50.9 Å². The number of fused-ring (bicyclic) bond motifs is 1. The maximum absolute atomic E-state index is 13.2. The largest absolute Gasteiger partial charge is 0.397 e. The zero-order valence-corrected chi connectivity index (χ0v) is 11.7. The molecule has 3 rings (SSSR count). The highest BCUT2D eigenvalue weighted by molar-refractivity contribution is 7.18. The number of anilines is 3. The van der Waals surface area contributed by atoms with Gasteiger partial charge in [-0.1, -0.05) is 0 Å². The highest BCUT2D eigenvalue weighted by Gasteiger charge is 2.12. The maximum Gasteiger partial charge on any atom is 0.194 e. The molecule has 0 spiro atoms. The molecule has 3 aromatic rings. The summed E-state index contributed by atoms with van der Waals surface area (Å²) >= 11 is 1.50. The second kappa shape index (κ2) is 4.92. The van der Waals surface area contributed by atoms with Gasteiger partial charge in [-0.3, -0.25) is 0 Å². The van der Waals surface area contributed by atoms with Gasteiger partial charge in [0.25, 0.3) is 0 Å². The molecule has 21 heavy (non-hydrogen) atoms. The molecule has 1 aromatic heterocycles. The number of thiazole rings is 1. The zero-order chi connectivity index (χ0) is 15.1. The molecule has 0 aliphatic rings. The highest BCUT2D eigenvalue weighted by Crippen LogP contribution is 2.32. The number of nitrogens with zero attached hydrogens (tertiary/aromatic N) is 1. The van der Waals surface area contributed by atoms with Gasteiger partial charge in [0.1, 0.15) is 0 Å². The van der Waals surface area contributed by atoms with E-state index >= 15 is 0 Å². The monoisotopic (exact) mass is 309 g/mol. The Labute approximate surface area is 122 Å². The summed E-state index contributed by atoms with van der Waals surface area (Å²) in [6.45, 7) is 1.87. The number of benzene rings is 2. The summed E-state index contributed by atoms with van der Waals surface area (Å²) in [7, 11) is 0. The third kappa shape index (κ3) is 2.52. The van der Waals surface area contributed by atoms with Gasteiger partial charge < -0.3 is 11.1 Å². The molecule has 0 saturated carbocycles. The van der Waals surface area contributed by atoms with Crippen molar-refractivity contribution < 1.29 is 13.2 Å². The molecule has 3 N–H and O–H groups in total. The number of halogens is 3. The number of nitrogen functional groups attached to an aromatic ring is 1. The fourth-order valence-electron chi connectivity index (χ4n) is 2.00. The fourth-order valence-corrected chi connectivity index (χ4v) is 2.85. The molecule has 0 amide bonds. The standard InChI is InChI=1S/C14H10F3N3S/c1-6-19-12-5-11(10(18)4-13(12)21-6)20-7-2-8(15)14(17)9(16)3-7/h2-5,20H,18H2,1H3. The van der Waals surface area contributed by atoms with Gasteiger partial charge in [-0.15, -0.1) is 11.3 Å². The van der Waals surface area contributed by atoms with Crippen molar-refractivity contribution in [2.45, 2.75) is 6.92 Å². The summed E-state index contributed by atoms with van der Waals surface area (Å²) in [5.41, 5.74) is 7.58. The molecular formula is C14H10F3N3S. The molecule has 0 aliphatic carbocycles. The molecule has 0 radical (unpaired) electrons. The second-order valence-corrected chi connectivity index (χ2v) is 5.75. The van der Waals surface area contributed by atoms with E-state index in [9.17, 15) is 13.2 Å². The minimum atomic E-state index is -1.50. The van der Waals surface area contributed by atoms with Crippen molar-refractivity contribution >= 4 is 38.6 Å². The van der Waals surface area contributed by atoms with Crippen LogP contribution < -0.4 is 11.1 Å². The predicted molar refractivity (Wildman–Crippen MR) is 78.4 cm³/mol. The second-order valence-electron chi connectivity index (χ2n) is 4.52. The molecule has 0 saturated heterocycles. The van der Waals surface area contributed by atoms with Crippen molar-refractivity contribution in [3.63, 3.8) is 0 Å². The molecule has 0 atom stereocenters. The van der Waals surface area contributed by atoms with Gasteiger partial charge in [0.15, 0.2) is 17.5 Å². The Hall–Kier alpha value is -2.28. The van der Waals surface area contributed by atoms with E-state index < -0.39 is 17.5 Å². The van der Waals surface area contributed by atoms with Crippen LogP contribution in [0.5, 0.6) is 0 Å². The van der Waals surface area contributed by atoms with Crippen molar-refractivity contribution in [1.29, 1.82) is 0 Å². The third-order valence-corrected chi connectivity index (χ3v) is 3.86. The first-order chi connectivity index (χ1) is 9.94. The van der Waals surface area contributed by atoms with E-state index in [2.05, 4.69) is 10.3 Å². The van der Waals surface area contributed by atoms with Crippen LogP contribution in [0.25, 0.3) is 10.2 Å². The molecule has 0 unspecified atom stereocenters. The minimum Gasteiger partial charge on any atom is -0.397 e. The Morgan fingerprint density at radius 2 is 1.76 bits per heavy atom. The van der Waals surface area contributed by atoms with Crippen molar-refractivity contribution in [1.82, 2.24) is 4.98 Å². The molecule has 0 bridgehead atoms. The number of hydrogen-bond donors (Lipinski definition) is 2. The van der Waals surface area contributed by atoms with Gasteiger partial charge in [-0.2, -0.15) is 0 Å². The average molecular weight is 309 g/mol. The third-order valence-electron chi connectivity index (χ3n) is 2.93. The van der Waals surface area contributed by atoms with E-state index in [1.807, 2.05) is 6.92 Å². The lowest BCUT2D eigenvalue weighted by Gasteiger charge is -2.10. The number of nitrogens with two attached hydrogens (primary N) is 1. The van der Waals surface area contributed by atoms with Gasteiger partial charge in [0.2, 0.25) is 0 Å². The number of aromatic nitrogens is 1. The summed E-state index contributed by atoms with van der Waals surface area (Å²) in [4.78, 5) is 4.32. The van der Waals surface area contributed by atoms with Crippen LogP contribution in [0.15, 0.2) is 24.3 Å². The van der Waals surface area contributed by atoms with Crippen LogP contribution in [0.3, 0.4) is 0 Å². The van der Waals surface area contributed by atoms with Gasteiger partial charge in [-0.05, 0) is 19.1 Å². The van der Waals surface area contributed by atoms with Crippen LogP contribution in [0.2, 0.25) is 0 Å². The lowest BCUT2D eigenvalue weighted by molar-refractivity contribution is 0.448. The Morgan fingerprint density at radius 1 is 1.10 bits per heavy atom. The quantitative estimate of drug-likeness (QED) is 0.546. The van der Waals surface area contributed by atoms with E-state index in [0.717, 1.165) is 27.4 Å². The van der Waals surface area contributed by atoms with Gasteiger partial charge in [0, 0.05) is 17.8 Å². The van der Waals surface area contributed by atoms with E-state index in [0.29, 0.717) is 11.4 Å². The normalized spacial score (nSPS) is 11.0. The number of aryl methyl sites for hydroxylation is 1. The van der Waals surface area contributed by atoms with E-state index in [4.69, 9.17) is 5.73 Å². The van der Waals surface area contributed by atoms with Gasteiger partial charge in [-0.25, -0.2) is 18.2 Å². The summed E-state index contributed by atoms with van der Waals surface area (Å²) in [6.07, 6.45) is 0. The lowest BCUT2D eigenvalue weighted by atomic mass is 10.2. The van der Waals surface area contributed by atoms with Crippen molar-refractivity contribution in [2.75, 3.05) is 11.1 Å². The molecule has 108 valence electrons. The fraction of sp³-hybridized carbons (Fsp3) is 0.0714. The first kappa shape index (κ1) is 13.7.